The molecule has 41 heavy (non-hydrogen) atoms. The molecule has 0 aromatic carbocycles. The zero-order valence-corrected chi connectivity index (χ0v) is 24.7. The lowest BCUT2D eigenvalue weighted by molar-refractivity contribution is -0.124. The molecule has 15 nitrogen and oxygen atoms in total. The Morgan fingerprint density at radius 2 is 1.05 bits per heavy atom. The normalized spacial score (nSPS) is 16.5. The highest BCUT2D eigenvalue weighted by molar-refractivity contribution is 5.78. The molecule has 240 valence electrons. The third kappa shape index (κ3) is 22.5. The van der Waals surface area contributed by atoms with Crippen molar-refractivity contribution >= 4 is 18.1 Å². The maximum Gasteiger partial charge on any atom is 0.234 e. The standard InChI is InChI=1S/C26H54N8O7/c27-1-15-38-19-21-40-17-5-30-25(36)23-33-8-4-29-3-7-32(13-14-35)9-10-34(12-11-33)24-26(37)31-6-18-41-22-20-39-16-2-28/h14,29H,1-13,15-24,27-28H2,(H,30,36)(H,31,37). The number of ether oxygens (including phenoxy) is 4. The van der Waals surface area contributed by atoms with Crippen molar-refractivity contribution in [3.05, 3.63) is 0 Å². The Labute approximate surface area is 244 Å². The number of nitrogens with zero attached hydrogens (tertiary/aromatic N) is 3. The summed E-state index contributed by atoms with van der Waals surface area (Å²) in [6.07, 6.45) is 0.908. The molecule has 0 spiro atoms. The number of amides is 2. The molecule has 0 aromatic heterocycles. The molecule has 1 saturated heterocycles. The Bertz CT molecular complexity index is 665. The Morgan fingerprint density at radius 1 is 0.634 bits per heavy atom. The molecule has 15 heteroatoms. The summed E-state index contributed by atoms with van der Waals surface area (Å²) >= 11 is 0. The van der Waals surface area contributed by atoms with E-state index in [1.807, 2.05) is 0 Å². The summed E-state index contributed by atoms with van der Waals surface area (Å²) in [5.74, 6) is -0.170. The summed E-state index contributed by atoms with van der Waals surface area (Å²) in [4.78, 5) is 42.6. The van der Waals surface area contributed by atoms with E-state index in [9.17, 15) is 14.4 Å². The van der Waals surface area contributed by atoms with E-state index in [0.717, 1.165) is 19.4 Å². The van der Waals surface area contributed by atoms with Crippen LogP contribution in [0.15, 0.2) is 0 Å². The fourth-order valence-electron chi connectivity index (χ4n) is 3.96. The number of aldehydes is 1. The SMILES string of the molecule is NCCOCCOCCNC(=O)CN1CCNCCN(CC=O)CCN(CC(=O)NCCOCCOCCN)CC1. The first-order valence-corrected chi connectivity index (χ1v) is 14.6. The minimum atomic E-state index is -0.0959. The van der Waals surface area contributed by atoms with Gasteiger partial charge in [-0.05, 0) is 0 Å². The van der Waals surface area contributed by atoms with Gasteiger partial charge in [0.15, 0.2) is 0 Å². The van der Waals surface area contributed by atoms with Crippen molar-refractivity contribution in [1.82, 2.24) is 30.7 Å². The molecule has 0 aromatic rings. The predicted molar refractivity (Wildman–Crippen MR) is 156 cm³/mol. The predicted octanol–water partition coefficient (Wildman–Crippen LogP) is -4.09. The van der Waals surface area contributed by atoms with E-state index < -0.39 is 0 Å². The van der Waals surface area contributed by atoms with Crippen molar-refractivity contribution in [3.8, 4) is 0 Å². The Morgan fingerprint density at radius 3 is 1.51 bits per heavy atom. The molecule has 0 saturated carbocycles. The first kappa shape index (κ1) is 37.2. The average molecular weight is 591 g/mol. The van der Waals surface area contributed by atoms with Gasteiger partial charge in [-0.2, -0.15) is 0 Å². The third-order valence-electron chi connectivity index (χ3n) is 6.15. The zero-order chi connectivity index (χ0) is 29.8. The van der Waals surface area contributed by atoms with Crippen LogP contribution in [0.2, 0.25) is 0 Å². The van der Waals surface area contributed by atoms with Crippen molar-refractivity contribution in [2.75, 3.05) is 151 Å². The van der Waals surface area contributed by atoms with E-state index in [1.165, 1.54) is 0 Å². The molecule has 1 aliphatic rings. The minimum absolute atomic E-state index is 0.0741. The molecule has 0 bridgehead atoms. The average Bonchev–Trinajstić information content (AvgIpc) is 2.95. The topological polar surface area (TPSA) is 186 Å². The van der Waals surface area contributed by atoms with Gasteiger partial charge in [-0.25, -0.2) is 0 Å². The Balaban J connectivity index is 2.49. The minimum Gasteiger partial charge on any atom is -0.378 e. The van der Waals surface area contributed by atoms with Crippen molar-refractivity contribution in [1.29, 1.82) is 0 Å². The van der Waals surface area contributed by atoms with Gasteiger partial charge >= 0.3 is 0 Å². The zero-order valence-electron chi connectivity index (χ0n) is 24.7. The van der Waals surface area contributed by atoms with E-state index in [0.29, 0.717) is 125 Å². The van der Waals surface area contributed by atoms with Gasteiger partial charge in [-0.15, -0.1) is 0 Å². The monoisotopic (exact) mass is 590 g/mol. The molecule has 0 unspecified atom stereocenters. The molecule has 1 heterocycles. The van der Waals surface area contributed by atoms with E-state index >= 15 is 0 Å². The number of hydrogen-bond acceptors (Lipinski definition) is 13. The second-order valence-electron chi connectivity index (χ2n) is 9.50. The van der Waals surface area contributed by atoms with Crippen LogP contribution in [-0.4, -0.2) is 184 Å². The second-order valence-corrected chi connectivity index (χ2v) is 9.50. The van der Waals surface area contributed by atoms with Gasteiger partial charge in [0.2, 0.25) is 11.8 Å². The Hall–Kier alpha value is -1.79. The largest absolute Gasteiger partial charge is 0.378 e. The fourth-order valence-corrected chi connectivity index (χ4v) is 3.96. The highest BCUT2D eigenvalue weighted by Gasteiger charge is 2.17. The molecule has 1 aliphatic heterocycles. The van der Waals surface area contributed by atoms with Gasteiger partial charge in [-0.3, -0.25) is 24.3 Å². The maximum absolute atomic E-state index is 12.6. The first-order chi connectivity index (χ1) is 20.1. The summed E-state index contributed by atoms with van der Waals surface area (Å²) in [7, 11) is 0. The third-order valence-corrected chi connectivity index (χ3v) is 6.15. The number of nitrogens with one attached hydrogen (secondary N) is 3. The summed E-state index contributed by atoms with van der Waals surface area (Å²) in [6, 6.07) is 0. The van der Waals surface area contributed by atoms with E-state index in [1.54, 1.807) is 0 Å². The molecule has 0 radical (unpaired) electrons. The van der Waals surface area contributed by atoms with Gasteiger partial charge in [0.1, 0.15) is 6.29 Å². The van der Waals surface area contributed by atoms with Crippen LogP contribution in [0.1, 0.15) is 0 Å². The summed E-state index contributed by atoms with van der Waals surface area (Å²) in [5.41, 5.74) is 10.7. The smallest absolute Gasteiger partial charge is 0.234 e. The van der Waals surface area contributed by atoms with Gasteiger partial charge < -0.3 is 51.2 Å². The Kier molecular flexibility index (Phi) is 24.6. The van der Waals surface area contributed by atoms with E-state index in [4.69, 9.17) is 30.4 Å². The second kappa shape index (κ2) is 27.1. The van der Waals surface area contributed by atoms with Crippen LogP contribution in [0, 0.1) is 0 Å². The van der Waals surface area contributed by atoms with Crippen LogP contribution in [0.4, 0.5) is 0 Å². The lowest BCUT2D eigenvalue weighted by atomic mass is 10.3. The summed E-state index contributed by atoms with van der Waals surface area (Å²) < 4.78 is 21.4. The molecule has 1 fully saturated rings. The first-order valence-electron chi connectivity index (χ1n) is 14.6. The molecule has 0 aliphatic carbocycles. The van der Waals surface area contributed by atoms with Gasteiger partial charge in [0, 0.05) is 78.5 Å². The molecule has 7 N–H and O–H groups in total. The lowest BCUT2D eigenvalue weighted by Gasteiger charge is -2.30. The van der Waals surface area contributed by atoms with Crippen molar-refractivity contribution < 1.29 is 33.3 Å². The summed E-state index contributed by atoms with van der Waals surface area (Å²) in [6.45, 7) is 11.7. The number of carbonyl (C=O) groups excluding carboxylic acids is 3. The highest BCUT2D eigenvalue weighted by Crippen LogP contribution is 1.97. The molecular formula is C26H54N8O7. The van der Waals surface area contributed by atoms with Gasteiger partial charge in [-0.1, -0.05) is 0 Å². The highest BCUT2D eigenvalue weighted by atomic mass is 16.5. The van der Waals surface area contributed by atoms with Crippen LogP contribution in [0.25, 0.3) is 0 Å². The number of hydrogen-bond donors (Lipinski definition) is 5. The number of rotatable bonds is 22. The molecular weight excluding hydrogens is 536 g/mol. The number of carbonyl (C=O) groups is 3. The molecule has 1 rings (SSSR count). The van der Waals surface area contributed by atoms with Crippen molar-refractivity contribution in [3.63, 3.8) is 0 Å². The summed E-state index contributed by atoms with van der Waals surface area (Å²) in [5, 5.41) is 9.19. The van der Waals surface area contributed by atoms with Crippen LogP contribution < -0.4 is 27.4 Å². The van der Waals surface area contributed by atoms with E-state index in [-0.39, 0.29) is 24.9 Å². The molecule has 2 amide bonds. The van der Waals surface area contributed by atoms with Gasteiger partial charge in [0.25, 0.3) is 0 Å². The van der Waals surface area contributed by atoms with Crippen LogP contribution in [-0.2, 0) is 33.3 Å². The maximum atomic E-state index is 12.6. The lowest BCUT2D eigenvalue weighted by Crippen LogP contribution is -2.49. The number of nitrogens with two attached hydrogens (primary N) is 2. The quantitative estimate of drug-likeness (QED) is 0.0606. The van der Waals surface area contributed by atoms with E-state index in [2.05, 4.69) is 30.7 Å². The van der Waals surface area contributed by atoms with Gasteiger partial charge in [0.05, 0.1) is 72.5 Å². The fraction of sp³-hybridized carbons (Fsp3) is 0.885. The van der Waals surface area contributed by atoms with Crippen LogP contribution in [0.3, 0.4) is 0 Å². The van der Waals surface area contributed by atoms with Crippen LogP contribution >= 0.6 is 0 Å². The van der Waals surface area contributed by atoms with Crippen molar-refractivity contribution in [2.45, 2.75) is 0 Å². The molecule has 0 atom stereocenters. The van der Waals surface area contributed by atoms with Crippen LogP contribution in [0.5, 0.6) is 0 Å². The van der Waals surface area contributed by atoms with Crippen molar-refractivity contribution in [2.24, 2.45) is 11.5 Å².